The highest BCUT2D eigenvalue weighted by molar-refractivity contribution is 6.31. The van der Waals surface area contributed by atoms with Crippen molar-refractivity contribution >= 4 is 17.8 Å². The highest BCUT2D eigenvalue weighted by Crippen LogP contribution is 1.92. The standard InChI is InChI=1S/C9H15NO5/c1-3-4-5-15-9(14)6(2)10-7(11)8(12)13/h6H,3-5H2,1-2H3,(H,10,11)(H,12,13)/t6-/m0/s1. The Morgan fingerprint density at radius 2 is 2.00 bits per heavy atom. The van der Waals surface area contributed by atoms with Gasteiger partial charge in [0.1, 0.15) is 6.04 Å². The molecule has 0 spiro atoms. The summed E-state index contributed by atoms with van der Waals surface area (Å²) in [6.45, 7) is 3.60. The molecule has 0 fully saturated rings. The van der Waals surface area contributed by atoms with Crippen LogP contribution >= 0.6 is 0 Å². The van der Waals surface area contributed by atoms with Gasteiger partial charge in [0.25, 0.3) is 0 Å². The first-order chi connectivity index (χ1) is 6.99. The number of rotatable bonds is 5. The molecule has 0 aliphatic heterocycles. The molecule has 2 N–H and O–H groups in total. The van der Waals surface area contributed by atoms with Gasteiger partial charge in [-0.05, 0) is 13.3 Å². The lowest BCUT2D eigenvalue weighted by molar-refractivity contribution is -0.153. The van der Waals surface area contributed by atoms with E-state index >= 15 is 0 Å². The first-order valence-electron chi connectivity index (χ1n) is 4.69. The normalized spacial score (nSPS) is 11.6. The van der Waals surface area contributed by atoms with E-state index in [9.17, 15) is 14.4 Å². The Kier molecular flexibility index (Phi) is 6.08. The Bertz CT molecular complexity index is 251. The summed E-state index contributed by atoms with van der Waals surface area (Å²) in [6.07, 6.45) is 1.63. The number of amides is 1. The van der Waals surface area contributed by atoms with Gasteiger partial charge in [-0.1, -0.05) is 13.3 Å². The van der Waals surface area contributed by atoms with Crippen LogP contribution in [0.2, 0.25) is 0 Å². The van der Waals surface area contributed by atoms with Gasteiger partial charge in [-0.3, -0.25) is 4.79 Å². The third-order valence-electron chi connectivity index (χ3n) is 1.64. The van der Waals surface area contributed by atoms with E-state index < -0.39 is 23.9 Å². The SMILES string of the molecule is CCCCOC(=O)[C@H](C)NC(=O)C(=O)O. The van der Waals surface area contributed by atoms with E-state index in [1.165, 1.54) is 6.92 Å². The van der Waals surface area contributed by atoms with Crippen LogP contribution in [0.1, 0.15) is 26.7 Å². The zero-order chi connectivity index (χ0) is 11.8. The topological polar surface area (TPSA) is 92.7 Å². The lowest BCUT2D eigenvalue weighted by Crippen LogP contribution is -2.42. The first-order valence-corrected chi connectivity index (χ1v) is 4.69. The zero-order valence-corrected chi connectivity index (χ0v) is 8.78. The summed E-state index contributed by atoms with van der Waals surface area (Å²) in [5.74, 6) is -3.46. The molecule has 0 aromatic heterocycles. The molecule has 0 saturated heterocycles. The molecular weight excluding hydrogens is 202 g/mol. The smallest absolute Gasteiger partial charge is 0.394 e. The monoisotopic (exact) mass is 217 g/mol. The first kappa shape index (κ1) is 13.4. The lowest BCUT2D eigenvalue weighted by Gasteiger charge is -2.11. The van der Waals surface area contributed by atoms with Crippen LogP contribution in [0.25, 0.3) is 0 Å². The van der Waals surface area contributed by atoms with E-state index in [1.54, 1.807) is 0 Å². The van der Waals surface area contributed by atoms with Crippen LogP contribution < -0.4 is 5.32 Å². The van der Waals surface area contributed by atoms with Gasteiger partial charge in [-0.15, -0.1) is 0 Å². The molecule has 0 aromatic carbocycles. The molecule has 0 heterocycles. The van der Waals surface area contributed by atoms with Crippen LogP contribution in [0.4, 0.5) is 0 Å². The molecule has 0 bridgehead atoms. The minimum atomic E-state index is -1.62. The Morgan fingerprint density at radius 3 is 2.47 bits per heavy atom. The molecule has 6 nitrogen and oxygen atoms in total. The molecule has 0 radical (unpaired) electrons. The molecule has 0 unspecified atom stereocenters. The van der Waals surface area contributed by atoms with Gasteiger partial charge in [0.15, 0.2) is 0 Å². The molecular formula is C9H15NO5. The van der Waals surface area contributed by atoms with Crippen molar-refractivity contribution < 1.29 is 24.2 Å². The second kappa shape index (κ2) is 6.80. The van der Waals surface area contributed by atoms with Crippen molar-refractivity contribution in [1.29, 1.82) is 0 Å². The number of nitrogens with one attached hydrogen (secondary N) is 1. The molecule has 86 valence electrons. The number of hydrogen-bond acceptors (Lipinski definition) is 4. The van der Waals surface area contributed by atoms with Crippen molar-refractivity contribution in [3.8, 4) is 0 Å². The summed E-state index contributed by atoms with van der Waals surface area (Å²) >= 11 is 0. The third-order valence-corrected chi connectivity index (χ3v) is 1.64. The summed E-state index contributed by atoms with van der Waals surface area (Å²) in [4.78, 5) is 32.0. The van der Waals surface area contributed by atoms with Crippen molar-refractivity contribution in [2.45, 2.75) is 32.7 Å². The fourth-order valence-corrected chi connectivity index (χ4v) is 0.759. The fraction of sp³-hybridized carbons (Fsp3) is 0.667. The quantitative estimate of drug-likeness (QED) is 0.381. The van der Waals surface area contributed by atoms with E-state index in [-0.39, 0.29) is 6.61 Å². The van der Waals surface area contributed by atoms with Gasteiger partial charge in [-0.2, -0.15) is 0 Å². The van der Waals surface area contributed by atoms with Crippen LogP contribution in [0.3, 0.4) is 0 Å². The molecule has 0 aromatic rings. The second-order valence-corrected chi connectivity index (χ2v) is 3.02. The van der Waals surface area contributed by atoms with Crippen LogP contribution in [0.5, 0.6) is 0 Å². The van der Waals surface area contributed by atoms with Gasteiger partial charge >= 0.3 is 17.8 Å². The summed E-state index contributed by atoms with van der Waals surface area (Å²) in [5.41, 5.74) is 0. The number of esters is 1. The molecule has 6 heteroatoms. The van der Waals surface area contributed by atoms with E-state index in [4.69, 9.17) is 9.84 Å². The molecule has 0 rings (SSSR count). The molecule has 1 amide bonds. The number of carboxylic acid groups (broad SMARTS) is 1. The maximum Gasteiger partial charge on any atom is 0.394 e. The van der Waals surface area contributed by atoms with Crippen LogP contribution in [-0.2, 0) is 19.1 Å². The Balaban J connectivity index is 3.88. The highest BCUT2D eigenvalue weighted by Gasteiger charge is 2.20. The minimum absolute atomic E-state index is 0.280. The molecule has 0 aliphatic carbocycles. The number of unbranched alkanes of at least 4 members (excludes halogenated alkanes) is 1. The molecule has 0 aliphatic rings. The van der Waals surface area contributed by atoms with E-state index in [2.05, 4.69) is 0 Å². The van der Waals surface area contributed by atoms with Gasteiger partial charge in [0.2, 0.25) is 0 Å². The van der Waals surface area contributed by atoms with Gasteiger partial charge in [-0.25, -0.2) is 9.59 Å². The number of carbonyl (C=O) groups is 3. The van der Waals surface area contributed by atoms with E-state index in [0.29, 0.717) is 0 Å². The fourth-order valence-electron chi connectivity index (χ4n) is 0.759. The van der Waals surface area contributed by atoms with Crippen LogP contribution in [-0.4, -0.2) is 35.6 Å². The van der Waals surface area contributed by atoms with Crippen LogP contribution in [0, 0.1) is 0 Å². The largest absolute Gasteiger partial charge is 0.474 e. The number of carboxylic acids is 1. The second-order valence-electron chi connectivity index (χ2n) is 3.02. The van der Waals surface area contributed by atoms with Gasteiger partial charge in [0, 0.05) is 0 Å². The third kappa shape index (κ3) is 5.66. The number of carbonyl (C=O) groups excluding carboxylic acids is 2. The summed E-state index contributed by atoms with van der Waals surface area (Å²) in [7, 11) is 0. The number of ether oxygens (including phenoxy) is 1. The van der Waals surface area contributed by atoms with Crippen molar-refractivity contribution in [3.63, 3.8) is 0 Å². The van der Waals surface area contributed by atoms with Crippen molar-refractivity contribution in [2.24, 2.45) is 0 Å². The van der Waals surface area contributed by atoms with E-state index in [1.807, 2.05) is 12.2 Å². The summed E-state index contributed by atoms with van der Waals surface area (Å²) in [5, 5.41) is 10.3. The number of hydrogen-bond donors (Lipinski definition) is 2. The minimum Gasteiger partial charge on any atom is -0.474 e. The summed E-state index contributed by atoms with van der Waals surface area (Å²) in [6, 6.07) is -0.939. The maximum atomic E-state index is 11.1. The van der Waals surface area contributed by atoms with Gasteiger partial charge < -0.3 is 15.2 Å². The molecule has 15 heavy (non-hydrogen) atoms. The van der Waals surface area contributed by atoms with Crippen molar-refractivity contribution in [3.05, 3.63) is 0 Å². The predicted octanol–water partition coefficient (Wildman–Crippen LogP) is -0.0810. The average molecular weight is 217 g/mol. The molecule has 1 atom stereocenters. The maximum absolute atomic E-state index is 11.1. The summed E-state index contributed by atoms with van der Waals surface area (Å²) < 4.78 is 4.78. The zero-order valence-electron chi connectivity index (χ0n) is 8.78. The van der Waals surface area contributed by atoms with Crippen molar-refractivity contribution in [2.75, 3.05) is 6.61 Å². The Morgan fingerprint density at radius 1 is 1.40 bits per heavy atom. The number of aliphatic carboxylic acids is 1. The molecule has 0 saturated carbocycles. The lowest BCUT2D eigenvalue weighted by atomic mass is 10.3. The van der Waals surface area contributed by atoms with Crippen LogP contribution in [0.15, 0.2) is 0 Å². The Labute approximate surface area is 87.6 Å². The van der Waals surface area contributed by atoms with Gasteiger partial charge in [0.05, 0.1) is 6.61 Å². The predicted molar refractivity (Wildman–Crippen MR) is 51.1 cm³/mol. The van der Waals surface area contributed by atoms with Crippen molar-refractivity contribution in [1.82, 2.24) is 5.32 Å². The average Bonchev–Trinajstić information content (AvgIpc) is 2.17. The Hall–Kier alpha value is -1.59. The highest BCUT2D eigenvalue weighted by atomic mass is 16.5. The van der Waals surface area contributed by atoms with E-state index in [0.717, 1.165) is 12.8 Å².